The molecule has 0 aromatic heterocycles. The predicted molar refractivity (Wildman–Crippen MR) is 101 cm³/mol. The number of ether oxygens (including phenoxy) is 2. The molecule has 9 nitrogen and oxygen atoms in total. The molecule has 0 radical (unpaired) electrons. The van der Waals surface area contributed by atoms with Crippen LogP contribution >= 0.6 is 0 Å². The summed E-state index contributed by atoms with van der Waals surface area (Å²) in [5, 5.41) is 13.7. The third-order valence-electron chi connectivity index (χ3n) is 4.29. The molecule has 1 heterocycles. The molecule has 0 spiro atoms. The van der Waals surface area contributed by atoms with Gasteiger partial charge >= 0.3 is 0 Å². The fraction of sp³-hybridized carbons (Fsp3) is 0.263. The van der Waals surface area contributed by atoms with Crippen LogP contribution in [0.2, 0.25) is 0 Å². The Hall–Kier alpha value is -3.62. The number of hydrogen-bond acceptors (Lipinski definition) is 6. The number of hydrogen-bond donors (Lipinski definition) is 1. The molecule has 28 heavy (non-hydrogen) atoms. The van der Waals surface area contributed by atoms with Crippen LogP contribution in [0.4, 0.5) is 11.4 Å². The second-order valence-electron chi connectivity index (χ2n) is 6.13. The van der Waals surface area contributed by atoms with Gasteiger partial charge in [0.1, 0.15) is 18.0 Å². The second-order valence-corrected chi connectivity index (χ2v) is 6.13. The highest BCUT2D eigenvalue weighted by Gasteiger charge is 2.29. The van der Waals surface area contributed by atoms with Gasteiger partial charge in [-0.1, -0.05) is 12.1 Å². The quantitative estimate of drug-likeness (QED) is 0.573. The van der Waals surface area contributed by atoms with Crippen molar-refractivity contribution in [2.24, 2.45) is 0 Å². The van der Waals surface area contributed by atoms with Gasteiger partial charge in [0.25, 0.3) is 11.6 Å². The molecule has 3 rings (SSSR count). The Kier molecular flexibility index (Phi) is 5.73. The maximum Gasteiger partial charge on any atom is 0.271 e. The van der Waals surface area contributed by atoms with Gasteiger partial charge in [0, 0.05) is 18.7 Å². The molecule has 146 valence electrons. The zero-order chi connectivity index (χ0) is 20.1. The average molecular weight is 385 g/mol. The molecular formula is C19H19N3O6. The summed E-state index contributed by atoms with van der Waals surface area (Å²) in [6.07, 6.45) is 0.620. The van der Waals surface area contributed by atoms with Crippen molar-refractivity contribution in [3.63, 3.8) is 0 Å². The van der Waals surface area contributed by atoms with E-state index in [-0.39, 0.29) is 30.4 Å². The van der Waals surface area contributed by atoms with E-state index in [2.05, 4.69) is 5.32 Å². The Bertz CT molecular complexity index is 897. The third-order valence-corrected chi connectivity index (χ3v) is 4.29. The lowest BCUT2D eigenvalue weighted by molar-refractivity contribution is -0.384. The first-order chi connectivity index (χ1) is 13.5. The van der Waals surface area contributed by atoms with Gasteiger partial charge in [-0.05, 0) is 30.2 Å². The van der Waals surface area contributed by atoms with E-state index in [0.29, 0.717) is 18.7 Å². The minimum Gasteiger partial charge on any atom is -0.497 e. The first kappa shape index (κ1) is 19.2. The Morgan fingerprint density at radius 1 is 1.29 bits per heavy atom. The second kappa shape index (κ2) is 8.38. The fourth-order valence-corrected chi connectivity index (χ4v) is 2.82. The smallest absolute Gasteiger partial charge is 0.271 e. The van der Waals surface area contributed by atoms with Crippen LogP contribution in [0.25, 0.3) is 0 Å². The van der Waals surface area contributed by atoms with Crippen molar-refractivity contribution in [2.45, 2.75) is 6.42 Å². The van der Waals surface area contributed by atoms with E-state index < -0.39 is 10.8 Å². The number of nitrogens with zero attached hydrogens (tertiary/aromatic N) is 2. The van der Waals surface area contributed by atoms with Gasteiger partial charge in [-0.15, -0.1) is 0 Å². The summed E-state index contributed by atoms with van der Waals surface area (Å²) in [7, 11) is 1.59. The van der Waals surface area contributed by atoms with Crippen LogP contribution in [0.1, 0.15) is 5.56 Å². The average Bonchev–Trinajstić information content (AvgIpc) is 2.70. The molecule has 2 aromatic carbocycles. The van der Waals surface area contributed by atoms with Gasteiger partial charge in [-0.25, -0.2) is 0 Å². The zero-order valence-electron chi connectivity index (χ0n) is 15.2. The van der Waals surface area contributed by atoms with Crippen LogP contribution in [0.3, 0.4) is 0 Å². The van der Waals surface area contributed by atoms with E-state index in [4.69, 9.17) is 9.47 Å². The minimum absolute atomic E-state index is 0.179. The number of fused-ring (bicyclic) bond motifs is 1. The highest BCUT2D eigenvalue weighted by atomic mass is 16.6. The molecule has 0 saturated carbocycles. The molecule has 2 aromatic rings. The number of amides is 2. The van der Waals surface area contributed by atoms with Crippen LogP contribution < -0.4 is 19.7 Å². The van der Waals surface area contributed by atoms with Gasteiger partial charge < -0.3 is 14.8 Å². The largest absolute Gasteiger partial charge is 0.497 e. The topological polar surface area (TPSA) is 111 Å². The van der Waals surface area contributed by atoms with Gasteiger partial charge in [0.05, 0.1) is 17.7 Å². The van der Waals surface area contributed by atoms with Crippen molar-refractivity contribution in [1.29, 1.82) is 0 Å². The lowest BCUT2D eigenvalue weighted by atomic mass is 10.1. The summed E-state index contributed by atoms with van der Waals surface area (Å²) in [4.78, 5) is 36.1. The molecule has 9 heteroatoms. The Morgan fingerprint density at radius 2 is 2.04 bits per heavy atom. The lowest BCUT2D eigenvalue weighted by Crippen LogP contribution is -2.45. The van der Waals surface area contributed by atoms with Crippen molar-refractivity contribution >= 4 is 23.2 Å². The van der Waals surface area contributed by atoms with Gasteiger partial charge in [0.15, 0.2) is 6.61 Å². The molecule has 1 N–H and O–H groups in total. The third kappa shape index (κ3) is 4.37. The van der Waals surface area contributed by atoms with Crippen molar-refractivity contribution in [3.05, 3.63) is 58.1 Å². The summed E-state index contributed by atoms with van der Waals surface area (Å²) in [5.41, 5.74) is 1.07. The highest BCUT2D eigenvalue weighted by Crippen LogP contribution is 2.35. The van der Waals surface area contributed by atoms with Crippen LogP contribution in [0.5, 0.6) is 11.5 Å². The molecule has 2 amide bonds. The zero-order valence-corrected chi connectivity index (χ0v) is 15.2. The van der Waals surface area contributed by atoms with Crippen LogP contribution in [0.15, 0.2) is 42.5 Å². The number of non-ortho nitro benzene ring substituents is 1. The number of rotatable bonds is 7. The van der Waals surface area contributed by atoms with Crippen LogP contribution in [-0.2, 0) is 16.0 Å². The molecule has 0 bridgehead atoms. The lowest BCUT2D eigenvalue weighted by Gasteiger charge is -2.28. The minimum atomic E-state index is -0.563. The van der Waals surface area contributed by atoms with E-state index in [1.165, 1.54) is 23.1 Å². The number of benzene rings is 2. The van der Waals surface area contributed by atoms with E-state index >= 15 is 0 Å². The number of carbonyl (C=O) groups excluding carboxylic acids is 2. The highest BCUT2D eigenvalue weighted by molar-refractivity contribution is 6.02. The Morgan fingerprint density at radius 3 is 2.71 bits per heavy atom. The van der Waals surface area contributed by atoms with Crippen molar-refractivity contribution in [1.82, 2.24) is 5.32 Å². The standard InChI is InChI=1S/C19H19N3O6/c1-27-15-5-2-13(3-6-15)8-9-20-18(23)11-21-16-10-14(22(25)26)4-7-17(16)28-12-19(21)24/h2-7,10H,8-9,11-12H2,1H3,(H,20,23). The Labute approximate surface area is 161 Å². The summed E-state index contributed by atoms with van der Waals surface area (Å²) in [6, 6.07) is 11.5. The summed E-state index contributed by atoms with van der Waals surface area (Å²) in [5.74, 6) is 0.294. The molecule has 0 aliphatic carbocycles. The number of nitrogens with one attached hydrogen (secondary N) is 1. The Balaban J connectivity index is 1.61. The van der Waals surface area contributed by atoms with E-state index in [1.54, 1.807) is 7.11 Å². The van der Waals surface area contributed by atoms with Crippen LogP contribution in [-0.4, -0.2) is 43.5 Å². The molecule has 0 atom stereocenters. The molecule has 1 aliphatic heterocycles. The number of nitro benzene ring substituents is 1. The van der Waals surface area contributed by atoms with Crippen molar-refractivity contribution in [2.75, 3.05) is 31.7 Å². The maximum absolute atomic E-state index is 12.3. The number of anilines is 1. The summed E-state index contributed by atoms with van der Waals surface area (Å²) in [6.45, 7) is -0.0611. The van der Waals surface area contributed by atoms with Crippen molar-refractivity contribution < 1.29 is 24.0 Å². The fourth-order valence-electron chi connectivity index (χ4n) is 2.82. The molecule has 0 unspecified atom stereocenters. The van der Waals surface area contributed by atoms with Gasteiger partial charge in [-0.3, -0.25) is 24.6 Å². The summed E-state index contributed by atoms with van der Waals surface area (Å²) < 4.78 is 10.4. The first-order valence-corrected chi connectivity index (χ1v) is 8.59. The first-order valence-electron chi connectivity index (χ1n) is 8.59. The number of nitro groups is 1. The van der Waals surface area contributed by atoms with E-state index in [9.17, 15) is 19.7 Å². The van der Waals surface area contributed by atoms with E-state index in [0.717, 1.165) is 11.3 Å². The molecule has 0 saturated heterocycles. The molecule has 1 aliphatic rings. The number of methoxy groups -OCH3 is 1. The maximum atomic E-state index is 12.3. The SMILES string of the molecule is COc1ccc(CCNC(=O)CN2C(=O)COc3ccc([N+](=O)[O-])cc32)cc1. The summed E-state index contributed by atoms with van der Waals surface area (Å²) >= 11 is 0. The van der Waals surface area contributed by atoms with E-state index in [1.807, 2.05) is 24.3 Å². The van der Waals surface area contributed by atoms with Gasteiger partial charge in [0.2, 0.25) is 5.91 Å². The predicted octanol–water partition coefficient (Wildman–Crippen LogP) is 1.69. The monoisotopic (exact) mass is 385 g/mol. The van der Waals surface area contributed by atoms with Crippen molar-refractivity contribution in [3.8, 4) is 11.5 Å². The molecular weight excluding hydrogens is 366 g/mol. The normalized spacial score (nSPS) is 12.8. The van der Waals surface area contributed by atoms with Crippen LogP contribution in [0, 0.1) is 10.1 Å². The number of carbonyl (C=O) groups is 2. The molecule has 0 fully saturated rings. The van der Waals surface area contributed by atoms with Gasteiger partial charge in [-0.2, -0.15) is 0 Å².